The first-order chi connectivity index (χ1) is 17.4. The number of para-hydroxylation sites is 1. The van der Waals surface area contributed by atoms with Crippen LogP contribution in [-0.2, 0) is 16.6 Å². The average Bonchev–Trinajstić information content (AvgIpc) is 2.89. The Labute approximate surface area is 214 Å². The van der Waals surface area contributed by atoms with Crippen molar-refractivity contribution in [1.29, 1.82) is 0 Å². The molecule has 0 saturated heterocycles. The van der Waals surface area contributed by atoms with Gasteiger partial charge in [-0.15, -0.1) is 0 Å². The van der Waals surface area contributed by atoms with E-state index in [1.807, 2.05) is 48.5 Å². The van der Waals surface area contributed by atoms with E-state index < -0.39 is 15.9 Å². The van der Waals surface area contributed by atoms with Crippen LogP contribution in [0.2, 0.25) is 5.02 Å². The Balaban J connectivity index is 1.41. The number of anilines is 1. The summed E-state index contributed by atoms with van der Waals surface area (Å²) < 4.78 is 33.7. The molecule has 36 heavy (non-hydrogen) atoms. The number of hydrogen-bond donors (Lipinski definition) is 2. The Morgan fingerprint density at radius 1 is 0.889 bits per heavy atom. The number of sulfonamides is 1. The summed E-state index contributed by atoms with van der Waals surface area (Å²) in [5.74, 6) is 0.0909. The fourth-order valence-electron chi connectivity index (χ4n) is 3.24. The second kappa shape index (κ2) is 11.5. The summed E-state index contributed by atoms with van der Waals surface area (Å²) in [6, 6.07) is 29.1. The second-order valence-electron chi connectivity index (χ2n) is 7.65. The number of carbonyl (C=O) groups is 1. The zero-order valence-corrected chi connectivity index (χ0v) is 20.5. The average molecular weight is 520 g/mol. The maximum Gasteiger partial charge on any atom is 0.273 e. The minimum absolute atomic E-state index is 0.0227. The highest BCUT2D eigenvalue weighted by Gasteiger charge is 2.18. The molecule has 0 aliphatic heterocycles. The van der Waals surface area contributed by atoms with Crippen molar-refractivity contribution < 1.29 is 17.9 Å². The Kier molecular flexibility index (Phi) is 7.99. The maximum absolute atomic E-state index is 12.7. The van der Waals surface area contributed by atoms with E-state index in [2.05, 4.69) is 15.2 Å². The summed E-state index contributed by atoms with van der Waals surface area (Å²) in [4.78, 5) is 12.8. The van der Waals surface area contributed by atoms with Gasteiger partial charge in [0.25, 0.3) is 15.9 Å². The molecule has 1 amide bonds. The van der Waals surface area contributed by atoms with Gasteiger partial charge in [-0.25, -0.2) is 13.8 Å². The van der Waals surface area contributed by atoms with E-state index in [1.165, 1.54) is 42.6 Å². The zero-order valence-electron chi connectivity index (χ0n) is 19.0. The standard InChI is InChI=1S/C27H22ClN3O4S/c28-22-13-15-24(16-14-22)36(33,34)31-26-12-5-4-11-25(26)27(32)30-29-18-21-9-6-10-23(17-21)35-19-20-7-2-1-3-8-20/h1-18,31H,19H2,(H,30,32)/b29-18+. The number of carbonyl (C=O) groups excluding carboxylic acids is 1. The molecule has 2 N–H and O–H groups in total. The monoisotopic (exact) mass is 519 g/mol. The van der Waals surface area contributed by atoms with E-state index in [0.717, 1.165) is 11.1 Å². The molecule has 0 unspecified atom stereocenters. The second-order valence-corrected chi connectivity index (χ2v) is 9.77. The van der Waals surface area contributed by atoms with Crippen molar-refractivity contribution in [1.82, 2.24) is 5.43 Å². The van der Waals surface area contributed by atoms with Crippen molar-refractivity contribution in [3.05, 3.63) is 125 Å². The summed E-state index contributed by atoms with van der Waals surface area (Å²) in [5.41, 5.74) is 4.45. The van der Waals surface area contributed by atoms with Crippen molar-refractivity contribution in [3.63, 3.8) is 0 Å². The molecule has 0 saturated carbocycles. The molecule has 4 rings (SSSR count). The van der Waals surface area contributed by atoms with Gasteiger partial charge in [0.05, 0.1) is 22.4 Å². The van der Waals surface area contributed by atoms with E-state index in [4.69, 9.17) is 16.3 Å². The Hall–Kier alpha value is -4.14. The van der Waals surface area contributed by atoms with Crippen LogP contribution in [0.15, 0.2) is 113 Å². The lowest BCUT2D eigenvalue weighted by atomic mass is 10.2. The predicted octanol–water partition coefficient (Wildman–Crippen LogP) is 5.48. The van der Waals surface area contributed by atoms with E-state index in [9.17, 15) is 13.2 Å². The van der Waals surface area contributed by atoms with Crippen LogP contribution < -0.4 is 14.9 Å². The quantitative estimate of drug-likeness (QED) is 0.226. The summed E-state index contributed by atoms with van der Waals surface area (Å²) in [7, 11) is -3.92. The van der Waals surface area contributed by atoms with Gasteiger partial charge >= 0.3 is 0 Å². The Morgan fingerprint density at radius 3 is 2.39 bits per heavy atom. The van der Waals surface area contributed by atoms with E-state index in [0.29, 0.717) is 17.4 Å². The molecule has 182 valence electrons. The molecule has 4 aromatic rings. The van der Waals surface area contributed by atoms with Crippen LogP contribution in [-0.4, -0.2) is 20.5 Å². The number of amides is 1. The third kappa shape index (κ3) is 6.71. The lowest BCUT2D eigenvalue weighted by molar-refractivity contribution is 0.0956. The first kappa shape index (κ1) is 25.0. The fraction of sp³-hybridized carbons (Fsp3) is 0.0370. The number of benzene rings is 4. The van der Waals surface area contributed by atoms with Crippen LogP contribution in [0.1, 0.15) is 21.5 Å². The lowest BCUT2D eigenvalue weighted by Gasteiger charge is -2.12. The van der Waals surface area contributed by atoms with Gasteiger partial charge in [-0.3, -0.25) is 9.52 Å². The summed E-state index contributed by atoms with van der Waals surface area (Å²) in [5, 5.41) is 4.43. The molecule has 0 aliphatic carbocycles. The van der Waals surface area contributed by atoms with Crippen LogP contribution in [0.3, 0.4) is 0 Å². The smallest absolute Gasteiger partial charge is 0.273 e. The number of rotatable bonds is 9. The van der Waals surface area contributed by atoms with Gasteiger partial charge in [0.1, 0.15) is 12.4 Å². The van der Waals surface area contributed by atoms with Crippen LogP contribution in [0.5, 0.6) is 5.75 Å². The molecule has 9 heteroatoms. The Morgan fingerprint density at radius 2 is 1.61 bits per heavy atom. The summed E-state index contributed by atoms with van der Waals surface area (Å²) in [6.07, 6.45) is 1.48. The highest BCUT2D eigenvalue weighted by Crippen LogP contribution is 2.21. The van der Waals surface area contributed by atoms with Gasteiger partial charge in [0, 0.05) is 5.02 Å². The molecule has 0 spiro atoms. The largest absolute Gasteiger partial charge is 0.489 e. The molecule has 0 aromatic heterocycles. The highest BCUT2D eigenvalue weighted by molar-refractivity contribution is 7.92. The fourth-order valence-corrected chi connectivity index (χ4v) is 4.44. The van der Waals surface area contributed by atoms with Crippen molar-refractivity contribution in [2.45, 2.75) is 11.5 Å². The molecule has 4 aromatic carbocycles. The molecule has 0 atom stereocenters. The normalized spacial score (nSPS) is 11.2. The van der Waals surface area contributed by atoms with Crippen LogP contribution in [0, 0.1) is 0 Å². The summed E-state index contributed by atoms with van der Waals surface area (Å²) in [6.45, 7) is 0.431. The van der Waals surface area contributed by atoms with Gasteiger partial charge in [-0.05, 0) is 59.7 Å². The molecule has 0 bridgehead atoms. The molecular formula is C27H22ClN3O4S. The number of ether oxygens (including phenoxy) is 1. The molecule has 7 nitrogen and oxygen atoms in total. The van der Waals surface area contributed by atoms with Crippen molar-refractivity contribution in [3.8, 4) is 5.75 Å². The molecular weight excluding hydrogens is 498 g/mol. The minimum atomic E-state index is -3.92. The van der Waals surface area contributed by atoms with Gasteiger partial charge < -0.3 is 4.74 Å². The van der Waals surface area contributed by atoms with Crippen LogP contribution >= 0.6 is 11.6 Å². The van der Waals surface area contributed by atoms with Gasteiger partial charge in [-0.1, -0.05) is 66.2 Å². The Bertz CT molecular complexity index is 1470. The number of nitrogens with zero attached hydrogens (tertiary/aromatic N) is 1. The van der Waals surface area contributed by atoms with Gasteiger partial charge in [0.2, 0.25) is 0 Å². The minimum Gasteiger partial charge on any atom is -0.489 e. The first-order valence-electron chi connectivity index (χ1n) is 10.9. The summed E-state index contributed by atoms with van der Waals surface area (Å²) >= 11 is 5.84. The third-order valence-electron chi connectivity index (χ3n) is 5.03. The van der Waals surface area contributed by atoms with Crippen molar-refractivity contribution in [2.75, 3.05) is 4.72 Å². The van der Waals surface area contributed by atoms with Crippen LogP contribution in [0.25, 0.3) is 0 Å². The highest BCUT2D eigenvalue weighted by atomic mass is 35.5. The first-order valence-corrected chi connectivity index (χ1v) is 12.7. The molecule has 0 radical (unpaired) electrons. The molecule has 0 heterocycles. The maximum atomic E-state index is 12.7. The molecule has 0 fully saturated rings. The zero-order chi connectivity index (χ0) is 25.4. The molecule has 0 aliphatic rings. The topological polar surface area (TPSA) is 96.9 Å². The van der Waals surface area contributed by atoms with E-state index in [-0.39, 0.29) is 16.1 Å². The third-order valence-corrected chi connectivity index (χ3v) is 6.66. The lowest BCUT2D eigenvalue weighted by Crippen LogP contribution is -2.21. The number of hydrazone groups is 1. The van der Waals surface area contributed by atoms with Crippen molar-refractivity contribution >= 4 is 39.4 Å². The van der Waals surface area contributed by atoms with Crippen LogP contribution in [0.4, 0.5) is 5.69 Å². The van der Waals surface area contributed by atoms with E-state index >= 15 is 0 Å². The van der Waals surface area contributed by atoms with Gasteiger partial charge in [0.15, 0.2) is 0 Å². The number of halogens is 1. The van der Waals surface area contributed by atoms with E-state index in [1.54, 1.807) is 18.2 Å². The van der Waals surface area contributed by atoms with Gasteiger partial charge in [-0.2, -0.15) is 5.10 Å². The predicted molar refractivity (Wildman–Crippen MR) is 141 cm³/mol. The number of hydrogen-bond acceptors (Lipinski definition) is 5. The SMILES string of the molecule is O=C(N/N=C/c1cccc(OCc2ccccc2)c1)c1ccccc1NS(=O)(=O)c1ccc(Cl)cc1. The van der Waals surface area contributed by atoms with Crippen molar-refractivity contribution in [2.24, 2.45) is 5.10 Å². The number of nitrogens with one attached hydrogen (secondary N) is 2.